The van der Waals surface area contributed by atoms with Crippen LogP contribution in [0.2, 0.25) is 0 Å². The molecule has 0 unspecified atom stereocenters. The SMILES string of the molecule is CC[C@@H](C)C(=O)S. The lowest BCUT2D eigenvalue weighted by Crippen LogP contribution is -2.00. The summed E-state index contributed by atoms with van der Waals surface area (Å²) in [5.41, 5.74) is 0. The molecule has 0 heterocycles. The second-order valence-corrected chi connectivity index (χ2v) is 2.09. The maximum Gasteiger partial charge on any atom is 0.188 e. The molecular weight excluding hydrogens is 108 g/mol. The van der Waals surface area contributed by atoms with Crippen LogP contribution in [0.1, 0.15) is 20.3 Å². The molecule has 0 aromatic rings. The van der Waals surface area contributed by atoms with Crippen molar-refractivity contribution >= 4 is 17.7 Å². The fourth-order valence-corrected chi connectivity index (χ4v) is 0.357. The number of thiol groups is 1. The van der Waals surface area contributed by atoms with Crippen molar-refractivity contribution in [3.63, 3.8) is 0 Å². The summed E-state index contributed by atoms with van der Waals surface area (Å²) < 4.78 is 0. The smallest absolute Gasteiger partial charge is 0.188 e. The number of rotatable bonds is 2. The van der Waals surface area contributed by atoms with Crippen molar-refractivity contribution in [2.24, 2.45) is 5.92 Å². The summed E-state index contributed by atoms with van der Waals surface area (Å²) in [5, 5.41) is -0.0116. The minimum absolute atomic E-state index is 0.0116. The summed E-state index contributed by atoms with van der Waals surface area (Å²) in [5.74, 6) is 0.128. The maximum atomic E-state index is 10.2. The van der Waals surface area contributed by atoms with Crippen LogP contribution in [0.5, 0.6) is 0 Å². The van der Waals surface area contributed by atoms with Gasteiger partial charge in [-0.1, -0.05) is 13.8 Å². The highest BCUT2D eigenvalue weighted by atomic mass is 32.1. The molecule has 1 nitrogen and oxygen atoms in total. The predicted molar refractivity (Wildman–Crippen MR) is 33.4 cm³/mol. The zero-order chi connectivity index (χ0) is 5.86. The average molecular weight is 118 g/mol. The van der Waals surface area contributed by atoms with Crippen molar-refractivity contribution in [3.05, 3.63) is 0 Å². The van der Waals surface area contributed by atoms with Gasteiger partial charge in [0.05, 0.1) is 0 Å². The summed E-state index contributed by atoms with van der Waals surface area (Å²) in [4.78, 5) is 10.2. The van der Waals surface area contributed by atoms with Crippen molar-refractivity contribution < 1.29 is 4.79 Å². The third kappa shape index (κ3) is 2.68. The highest BCUT2D eigenvalue weighted by molar-refractivity contribution is 7.96. The number of carbonyl (C=O) groups is 1. The Balaban J connectivity index is 3.34. The van der Waals surface area contributed by atoms with E-state index in [1.165, 1.54) is 0 Å². The Kier molecular flexibility index (Phi) is 3.09. The molecular formula is C5H10OS. The van der Waals surface area contributed by atoms with Gasteiger partial charge in [0.25, 0.3) is 0 Å². The largest absolute Gasteiger partial charge is 0.287 e. The third-order valence-corrected chi connectivity index (χ3v) is 1.47. The lowest BCUT2D eigenvalue weighted by Gasteiger charge is -1.97. The van der Waals surface area contributed by atoms with Crippen LogP contribution in [0.3, 0.4) is 0 Å². The van der Waals surface area contributed by atoms with Gasteiger partial charge in [0.1, 0.15) is 0 Å². The first-order valence-corrected chi connectivity index (χ1v) is 2.86. The zero-order valence-corrected chi connectivity index (χ0v) is 5.53. The van der Waals surface area contributed by atoms with Crippen LogP contribution in [0.4, 0.5) is 0 Å². The normalized spacial score (nSPS) is 13.6. The van der Waals surface area contributed by atoms with Gasteiger partial charge in [-0.05, 0) is 6.42 Å². The molecule has 0 aromatic heterocycles. The quantitative estimate of drug-likeness (QED) is 0.543. The summed E-state index contributed by atoms with van der Waals surface area (Å²) >= 11 is 3.63. The van der Waals surface area contributed by atoms with E-state index >= 15 is 0 Å². The highest BCUT2D eigenvalue weighted by Gasteiger charge is 2.02. The van der Waals surface area contributed by atoms with Crippen LogP contribution >= 0.6 is 12.6 Å². The van der Waals surface area contributed by atoms with Crippen LogP contribution in [0.15, 0.2) is 0 Å². The average Bonchev–Trinajstić information content (AvgIpc) is 1.65. The van der Waals surface area contributed by atoms with E-state index in [4.69, 9.17) is 0 Å². The van der Waals surface area contributed by atoms with Gasteiger partial charge in [-0.2, -0.15) is 0 Å². The Hall–Kier alpha value is 0.0200. The summed E-state index contributed by atoms with van der Waals surface area (Å²) in [6, 6.07) is 0. The molecule has 0 aliphatic rings. The zero-order valence-electron chi connectivity index (χ0n) is 4.64. The Morgan fingerprint density at radius 3 is 2.29 bits per heavy atom. The van der Waals surface area contributed by atoms with E-state index in [1.54, 1.807) is 0 Å². The molecule has 0 radical (unpaired) electrons. The molecule has 42 valence electrons. The van der Waals surface area contributed by atoms with E-state index in [-0.39, 0.29) is 11.0 Å². The first-order valence-electron chi connectivity index (χ1n) is 2.41. The molecule has 0 saturated carbocycles. The predicted octanol–water partition coefficient (Wildman–Crippen LogP) is 1.49. The topological polar surface area (TPSA) is 17.1 Å². The van der Waals surface area contributed by atoms with Crippen LogP contribution in [-0.2, 0) is 4.79 Å². The fourth-order valence-electron chi connectivity index (χ4n) is 0.175. The number of hydrogen-bond donors (Lipinski definition) is 1. The Bertz CT molecular complexity index is 70.5. The summed E-state index contributed by atoms with van der Waals surface area (Å²) in [6.45, 7) is 3.84. The molecule has 0 amide bonds. The maximum absolute atomic E-state index is 10.2. The van der Waals surface area contributed by atoms with Crippen molar-refractivity contribution in [2.75, 3.05) is 0 Å². The van der Waals surface area contributed by atoms with E-state index in [1.807, 2.05) is 13.8 Å². The van der Waals surface area contributed by atoms with Gasteiger partial charge in [0.15, 0.2) is 5.12 Å². The first kappa shape index (κ1) is 7.02. The molecule has 0 aliphatic heterocycles. The Morgan fingerprint density at radius 1 is 1.86 bits per heavy atom. The van der Waals surface area contributed by atoms with Crippen LogP contribution in [0, 0.1) is 5.92 Å². The lowest BCUT2D eigenvalue weighted by molar-refractivity contribution is -0.113. The van der Waals surface area contributed by atoms with Crippen LogP contribution in [-0.4, -0.2) is 5.12 Å². The highest BCUT2D eigenvalue weighted by Crippen LogP contribution is 2.02. The molecule has 1 atom stereocenters. The second-order valence-electron chi connectivity index (χ2n) is 1.65. The molecule has 0 rings (SSSR count). The van der Waals surface area contributed by atoms with Crippen molar-refractivity contribution in [1.29, 1.82) is 0 Å². The van der Waals surface area contributed by atoms with Crippen molar-refractivity contribution in [2.45, 2.75) is 20.3 Å². The van der Waals surface area contributed by atoms with Gasteiger partial charge in [-0.15, -0.1) is 12.6 Å². The van der Waals surface area contributed by atoms with Gasteiger partial charge in [-0.3, -0.25) is 4.79 Å². The molecule has 0 spiro atoms. The van der Waals surface area contributed by atoms with Gasteiger partial charge in [0.2, 0.25) is 0 Å². The molecule has 0 aromatic carbocycles. The van der Waals surface area contributed by atoms with Gasteiger partial charge in [0, 0.05) is 5.92 Å². The van der Waals surface area contributed by atoms with E-state index in [2.05, 4.69) is 12.6 Å². The minimum Gasteiger partial charge on any atom is -0.287 e. The molecule has 0 N–H and O–H groups in total. The van der Waals surface area contributed by atoms with Crippen molar-refractivity contribution in [3.8, 4) is 0 Å². The minimum atomic E-state index is -0.0116. The monoisotopic (exact) mass is 118 g/mol. The van der Waals surface area contributed by atoms with Gasteiger partial charge >= 0.3 is 0 Å². The summed E-state index contributed by atoms with van der Waals surface area (Å²) in [6.07, 6.45) is 0.891. The fraction of sp³-hybridized carbons (Fsp3) is 0.800. The van der Waals surface area contributed by atoms with E-state index < -0.39 is 0 Å². The van der Waals surface area contributed by atoms with Gasteiger partial charge in [-0.25, -0.2) is 0 Å². The lowest BCUT2D eigenvalue weighted by atomic mass is 10.1. The summed E-state index contributed by atoms with van der Waals surface area (Å²) in [7, 11) is 0. The Labute approximate surface area is 49.5 Å². The van der Waals surface area contributed by atoms with E-state index in [0.717, 1.165) is 6.42 Å². The molecule has 2 heteroatoms. The van der Waals surface area contributed by atoms with Gasteiger partial charge < -0.3 is 0 Å². The standard InChI is InChI=1S/C5H10OS/c1-3-4(2)5(6)7/h4H,3H2,1-2H3,(H,6,7)/t4-/m1/s1. The third-order valence-electron chi connectivity index (χ3n) is 1.03. The first-order chi connectivity index (χ1) is 3.18. The molecule has 0 fully saturated rings. The van der Waals surface area contributed by atoms with Crippen LogP contribution < -0.4 is 0 Å². The number of hydrogen-bond acceptors (Lipinski definition) is 1. The van der Waals surface area contributed by atoms with E-state index in [9.17, 15) is 4.79 Å². The molecule has 7 heavy (non-hydrogen) atoms. The molecule has 0 saturated heterocycles. The Morgan fingerprint density at radius 2 is 2.29 bits per heavy atom. The molecule has 0 aliphatic carbocycles. The number of carbonyl (C=O) groups excluding carboxylic acids is 1. The van der Waals surface area contributed by atoms with E-state index in [0.29, 0.717) is 0 Å². The molecule has 0 bridgehead atoms. The van der Waals surface area contributed by atoms with Crippen molar-refractivity contribution in [1.82, 2.24) is 0 Å². The second kappa shape index (κ2) is 3.08. The van der Waals surface area contributed by atoms with Crippen LogP contribution in [0.25, 0.3) is 0 Å².